The lowest BCUT2D eigenvalue weighted by Crippen LogP contribution is -2.14. The highest BCUT2D eigenvalue weighted by Gasteiger charge is 2.19. The quantitative estimate of drug-likeness (QED) is 0.923. The normalized spacial score (nSPS) is 11.3. The van der Waals surface area contributed by atoms with Crippen LogP contribution in [0.2, 0.25) is 0 Å². The van der Waals surface area contributed by atoms with E-state index in [0.29, 0.717) is 10.0 Å². The van der Waals surface area contributed by atoms with Crippen molar-refractivity contribution in [3.05, 3.63) is 58.3 Å². The molecule has 0 unspecified atom stereocenters. The molecule has 0 aromatic heterocycles. The van der Waals surface area contributed by atoms with Gasteiger partial charge in [-0.1, -0.05) is 24.3 Å². The van der Waals surface area contributed by atoms with Crippen LogP contribution in [0.4, 0.5) is 10.1 Å². The third kappa shape index (κ3) is 2.96. The van der Waals surface area contributed by atoms with Crippen molar-refractivity contribution in [2.45, 2.75) is 11.8 Å². The van der Waals surface area contributed by atoms with Gasteiger partial charge >= 0.3 is 0 Å². The summed E-state index contributed by atoms with van der Waals surface area (Å²) in [5.41, 5.74) is 0.322. The molecule has 0 aliphatic heterocycles. The van der Waals surface area contributed by atoms with Crippen LogP contribution in [0.1, 0.15) is 5.56 Å². The Labute approximate surface area is 119 Å². The summed E-state index contributed by atoms with van der Waals surface area (Å²) < 4.78 is 40.8. The van der Waals surface area contributed by atoms with E-state index in [2.05, 4.69) is 20.7 Å². The lowest BCUT2D eigenvalue weighted by Gasteiger charge is -2.11. The zero-order valence-corrected chi connectivity index (χ0v) is 12.4. The first-order valence-electron chi connectivity index (χ1n) is 5.44. The fourth-order valence-electron chi connectivity index (χ4n) is 1.59. The summed E-state index contributed by atoms with van der Waals surface area (Å²) in [6.07, 6.45) is 0. The summed E-state index contributed by atoms with van der Waals surface area (Å²) in [5.74, 6) is -0.571. The molecule has 0 fully saturated rings. The molecule has 0 heterocycles. The van der Waals surface area contributed by atoms with Crippen LogP contribution in [0.15, 0.2) is 51.8 Å². The summed E-state index contributed by atoms with van der Waals surface area (Å²) >= 11 is 3.17. The Morgan fingerprint density at radius 3 is 2.47 bits per heavy atom. The fourth-order valence-corrected chi connectivity index (χ4v) is 3.65. The van der Waals surface area contributed by atoms with E-state index in [-0.39, 0.29) is 10.6 Å². The number of nitrogens with one attached hydrogen (secondary N) is 1. The number of sulfonamides is 1. The van der Waals surface area contributed by atoms with Crippen LogP contribution in [0, 0.1) is 12.7 Å². The van der Waals surface area contributed by atoms with E-state index in [1.54, 1.807) is 37.3 Å². The highest BCUT2D eigenvalue weighted by molar-refractivity contribution is 9.10. The van der Waals surface area contributed by atoms with Gasteiger partial charge in [0.05, 0.1) is 5.69 Å². The number of halogens is 2. The molecule has 6 heteroatoms. The lowest BCUT2D eigenvalue weighted by atomic mass is 10.2. The molecule has 100 valence electrons. The summed E-state index contributed by atoms with van der Waals surface area (Å²) in [6, 6.07) is 10.9. The zero-order valence-electron chi connectivity index (χ0n) is 10.0. The molecule has 3 nitrogen and oxygen atoms in total. The van der Waals surface area contributed by atoms with Crippen molar-refractivity contribution in [2.75, 3.05) is 4.72 Å². The molecule has 0 aliphatic carbocycles. The van der Waals surface area contributed by atoms with Crippen LogP contribution in [0.5, 0.6) is 0 Å². The maximum absolute atomic E-state index is 13.8. The Balaban J connectivity index is 2.43. The van der Waals surface area contributed by atoms with Crippen LogP contribution >= 0.6 is 15.9 Å². The largest absolute Gasteiger partial charge is 0.277 e. The first-order valence-corrected chi connectivity index (χ1v) is 7.72. The van der Waals surface area contributed by atoms with Crippen molar-refractivity contribution in [3.63, 3.8) is 0 Å². The third-order valence-electron chi connectivity index (χ3n) is 2.56. The summed E-state index contributed by atoms with van der Waals surface area (Å²) in [5, 5.41) is 0. The van der Waals surface area contributed by atoms with E-state index in [4.69, 9.17) is 0 Å². The van der Waals surface area contributed by atoms with Crippen molar-refractivity contribution in [1.29, 1.82) is 0 Å². The Morgan fingerprint density at radius 1 is 1.11 bits per heavy atom. The SMILES string of the molecule is Cc1cccc(NS(=O)(=O)c2ccccc2Br)c1F. The third-order valence-corrected chi connectivity index (χ3v) is 4.94. The molecule has 0 amide bonds. The standard InChI is InChI=1S/C13H11BrFNO2S/c1-9-5-4-7-11(13(9)15)16-19(17,18)12-8-3-2-6-10(12)14/h2-8,16H,1H3. The van der Waals surface area contributed by atoms with Gasteiger partial charge in [-0.05, 0) is 46.6 Å². The van der Waals surface area contributed by atoms with Gasteiger partial charge in [-0.15, -0.1) is 0 Å². The van der Waals surface area contributed by atoms with Gasteiger partial charge in [0, 0.05) is 4.47 Å². The van der Waals surface area contributed by atoms with Crippen molar-refractivity contribution < 1.29 is 12.8 Å². The van der Waals surface area contributed by atoms with Gasteiger partial charge in [0.1, 0.15) is 10.7 Å². The van der Waals surface area contributed by atoms with E-state index in [0.717, 1.165) is 0 Å². The number of hydrogen-bond acceptors (Lipinski definition) is 2. The van der Waals surface area contributed by atoms with Crippen molar-refractivity contribution in [3.8, 4) is 0 Å². The molecule has 2 rings (SSSR count). The van der Waals surface area contributed by atoms with Crippen LogP contribution in [0.3, 0.4) is 0 Å². The topological polar surface area (TPSA) is 46.2 Å². The molecule has 2 aromatic carbocycles. The maximum atomic E-state index is 13.8. The Bertz CT molecular complexity index is 716. The van der Waals surface area contributed by atoms with Gasteiger partial charge in [-0.2, -0.15) is 0 Å². The minimum atomic E-state index is -3.82. The van der Waals surface area contributed by atoms with Gasteiger partial charge in [-0.3, -0.25) is 4.72 Å². The van der Waals surface area contributed by atoms with Gasteiger partial charge in [0.15, 0.2) is 0 Å². The number of benzene rings is 2. The van der Waals surface area contributed by atoms with E-state index >= 15 is 0 Å². The van der Waals surface area contributed by atoms with Gasteiger partial charge in [-0.25, -0.2) is 12.8 Å². The molecule has 0 saturated carbocycles. The Hall–Kier alpha value is -1.40. The molecular weight excluding hydrogens is 333 g/mol. The molecule has 0 spiro atoms. The van der Waals surface area contributed by atoms with E-state index in [1.807, 2.05) is 0 Å². The van der Waals surface area contributed by atoms with E-state index in [9.17, 15) is 12.8 Å². The highest BCUT2D eigenvalue weighted by atomic mass is 79.9. The number of hydrogen-bond donors (Lipinski definition) is 1. The molecule has 0 aliphatic rings. The van der Waals surface area contributed by atoms with Crippen LogP contribution in [-0.4, -0.2) is 8.42 Å². The summed E-state index contributed by atoms with van der Waals surface area (Å²) in [6.45, 7) is 1.57. The van der Waals surface area contributed by atoms with Crippen LogP contribution in [-0.2, 0) is 10.0 Å². The van der Waals surface area contributed by atoms with Gasteiger partial charge in [0.2, 0.25) is 0 Å². The second-order valence-corrected chi connectivity index (χ2v) is 6.48. The second-order valence-electron chi connectivity index (χ2n) is 3.97. The first kappa shape index (κ1) is 14.0. The van der Waals surface area contributed by atoms with Gasteiger partial charge in [0.25, 0.3) is 10.0 Å². The lowest BCUT2D eigenvalue weighted by molar-refractivity contribution is 0.597. The molecule has 0 saturated heterocycles. The van der Waals surface area contributed by atoms with E-state index in [1.165, 1.54) is 12.1 Å². The number of anilines is 1. The molecule has 2 aromatic rings. The maximum Gasteiger partial charge on any atom is 0.263 e. The molecule has 1 N–H and O–H groups in total. The van der Waals surface area contributed by atoms with Crippen LogP contribution in [0.25, 0.3) is 0 Å². The Kier molecular flexibility index (Phi) is 3.91. The molecule has 0 bridgehead atoms. The van der Waals surface area contributed by atoms with Crippen molar-refractivity contribution in [1.82, 2.24) is 0 Å². The predicted molar refractivity (Wildman–Crippen MR) is 76.1 cm³/mol. The monoisotopic (exact) mass is 343 g/mol. The highest BCUT2D eigenvalue weighted by Crippen LogP contribution is 2.25. The molecule has 19 heavy (non-hydrogen) atoms. The van der Waals surface area contributed by atoms with Gasteiger partial charge < -0.3 is 0 Å². The first-order chi connectivity index (χ1) is 8.92. The minimum Gasteiger partial charge on any atom is -0.277 e. The zero-order chi connectivity index (χ0) is 14.0. The molecule has 0 radical (unpaired) electrons. The average molecular weight is 344 g/mol. The van der Waals surface area contributed by atoms with Crippen molar-refractivity contribution in [2.24, 2.45) is 0 Å². The molecular formula is C13H11BrFNO2S. The fraction of sp³-hybridized carbons (Fsp3) is 0.0769. The smallest absolute Gasteiger partial charge is 0.263 e. The van der Waals surface area contributed by atoms with E-state index < -0.39 is 15.8 Å². The second kappa shape index (κ2) is 5.30. The number of rotatable bonds is 3. The predicted octanol–water partition coefficient (Wildman–Crippen LogP) is 3.70. The van der Waals surface area contributed by atoms with Crippen molar-refractivity contribution >= 4 is 31.6 Å². The molecule has 0 atom stereocenters. The van der Waals surface area contributed by atoms with Crippen LogP contribution < -0.4 is 4.72 Å². The average Bonchev–Trinajstić information content (AvgIpc) is 2.35. The summed E-state index contributed by atoms with van der Waals surface area (Å²) in [7, 11) is -3.82. The minimum absolute atomic E-state index is 0.0595. The Morgan fingerprint density at radius 2 is 1.79 bits per heavy atom. The summed E-state index contributed by atoms with van der Waals surface area (Å²) in [4.78, 5) is 0.0657. The number of aryl methyl sites for hydroxylation is 1.